The molecule has 1 aliphatic heterocycles. The molecule has 1 atom stereocenters. The first kappa shape index (κ1) is 20.7. The molecule has 2 N–H and O–H groups in total. The van der Waals surface area contributed by atoms with E-state index in [1.807, 2.05) is 41.8 Å². The van der Waals surface area contributed by atoms with Gasteiger partial charge < -0.3 is 15.0 Å². The van der Waals surface area contributed by atoms with Gasteiger partial charge in [-0.25, -0.2) is 8.42 Å². The number of hydrogen-bond acceptors (Lipinski definition) is 6. The van der Waals surface area contributed by atoms with Crippen molar-refractivity contribution in [3.05, 3.63) is 60.0 Å². The molecule has 8 heteroatoms. The molecule has 1 saturated heterocycles. The van der Waals surface area contributed by atoms with Crippen molar-refractivity contribution in [1.82, 2.24) is 5.32 Å². The molecule has 1 aromatic heterocycles. The molecule has 0 radical (unpaired) electrons. The Bertz CT molecular complexity index is 1100. The van der Waals surface area contributed by atoms with Crippen molar-refractivity contribution in [2.24, 2.45) is 0 Å². The molecule has 0 aliphatic carbocycles. The molecule has 1 fully saturated rings. The maximum atomic E-state index is 13.0. The Balaban J connectivity index is 1.59. The molecule has 0 spiro atoms. The van der Waals surface area contributed by atoms with Crippen LogP contribution < -0.4 is 19.7 Å². The summed E-state index contributed by atoms with van der Waals surface area (Å²) in [7, 11) is -2.21. The average molecular weight is 444 g/mol. The van der Waals surface area contributed by atoms with E-state index in [2.05, 4.69) is 21.9 Å². The predicted molar refractivity (Wildman–Crippen MR) is 123 cm³/mol. The zero-order valence-corrected chi connectivity index (χ0v) is 18.6. The molecule has 158 valence electrons. The fraction of sp³-hybridized carbons (Fsp3) is 0.273. The maximum absolute atomic E-state index is 13.0. The first-order valence-corrected chi connectivity index (χ1v) is 12.2. The van der Waals surface area contributed by atoms with E-state index in [1.54, 1.807) is 29.5 Å². The van der Waals surface area contributed by atoms with E-state index in [0.29, 0.717) is 17.5 Å². The number of nitrogens with zero attached hydrogens (tertiary/aromatic N) is 1. The van der Waals surface area contributed by atoms with Gasteiger partial charge in [0.25, 0.3) is 10.0 Å². The summed E-state index contributed by atoms with van der Waals surface area (Å²) in [6.45, 7) is 4.76. The second-order valence-corrected chi connectivity index (χ2v) is 9.92. The fourth-order valence-electron chi connectivity index (χ4n) is 3.58. The van der Waals surface area contributed by atoms with Gasteiger partial charge in [0.15, 0.2) is 0 Å². The topological polar surface area (TPSA) is 70.7 Å². The van der Waals surface area contributed by atoms with E-state index >= 15 is 0 Å². The summed E-state index contributed by atoms with van der Waals surface area (Å²) in [5.74, 6) is 0.487. The highest BCUT2D eigenvalue weighted by atomic mass is 32.2. The second-order valence-electron chi connectivity index (χ2n) is 7.29. The van der Waals surface area contributed by atoms with Crippen LogP contribution in [0.4, 0.5) is 11.4 Å². The number of ether oxygens (including phenoxy) is 1. The van der Waals surface area contributed by atoms with Gasteiger partial charge in [0.2, 0.25) is 0 Å². The maximum Gasteiger partial charge on any atom is 0.262 e. The van der Waals surface area contributed by atoms with Crippen LogP contribution in [-0.2, 0) is 10.0 Å². The van der Waals surface area contributed by atoms with Gasteiger partial charge in [0, 0.05) is 36.2 Å². The van der Waals surface area contributed by atoms with Crippen LogP contribution in [0.1, 0.15) is 6.92 Å². The number of sulfonamides is 1. The average Bonchev–Trinajstić information content (AvgIpc) is 3.28. The number of hydrogen-bond donors (Lipinski definition) is 2. The number of nitrogens with one attached hydrogen (secondary N) is 2. The quantitative estimate of drug-likeness (QED) is 0.602. The van der Waals surface area contributed by atoms with Gasteiger partial charge in [-0.1, -0.05) is 18.2 Å². The zero-order valence-electron chi connectivity index (χ0n) is 17.0. The molecule has 3 aromatic rings. The number of anilines is 2. The minimum absolute atomic E-state index is 0.214. The fourth-order valence-corrected chi connectivity index (χ4v) is 5.38. The summed E-state index contributed by atoms with van der Waals surface area (Å²) in [4.78, 5) is 3.56. The van der Waals surface area contributed by atoms with Crippen LogP contribution in [0.15, 0.2) is 64.9 Å². The summed E-state index contributed by atoms with van der Waals surface area (Å²) in [6, 6.07) is 16.9. The van der Waals surface area contributed by atoms with Crippen LogP contribution in [0.25, 0.3) is 10.4 Å². The van der Waals surface area contributed by atoms with Gasteiger partial charge in [0.05, 0.1) is 17.7 Å². The molecule has 2 aromatic carbocycles. The Hall–Kier alpha value is -2.55. The van der Waals surface area contributed by atoms with Crippen LogP contribution in [-0.4, -0.2) is 41.2 Å². The van der Waals surface area contributed by atoms with Crippen LogP contribution in [0.2, 0.25) is 0 Å². The van der Waals surface area contributed by atoms with E-state index in [-0.39, 0.29) is 4.90 Å². The third kappa shape index (κ3) is 4.45. The van der Waals surface area contributed by atoms with Crippen molar-refractivity contribution < 1.29 is 13.2 Å². The van der Waals surface area contributed by atoms with E-state index in [1.165, 1.54) is 7.11 Å². The number of piperazine rings is 1. The first-order chi connectivity index (χ1) is 14.5. The number of rotatable bonds is 6. The lowest BCUT2D eigenvalue weighted by molar-refractivity contribution is 0.416. The number of benzene rings is 2. The van der Waals surface area contributed by atoms with Crippen LogP contribution >= 0.6 is 11.3 Å². The largest absolute Gasteiger partial charge is 0.495 e. The Labute approximate surface area is 181 Å². The Kier molecular flexibility index (Phi) is 5.99. The summed E-state index contributed by atoms with van der Waals surface area (Å²) in [5, 5.41) is 5.42. The van der Waals surface area contributed by atoms with Crippen LogP contribution in [0.3, 0.4) is 0 Å². The summed E-state index contributed by atoms with van der Waals surface area (Å²) in [6.07, 6.45) is 0. The van der Waals surface area contributed by atoms with Gasteiger partial charge in [-0.3, -0.25) is 4.72 Å². The van der Waals surface area contributed by atoms with Crippen molar-refractivity contribution in [2.45, 2.75) is 17.9 Å². The molecule has 1 aliphatic rings. The molecule has 0 bridgehead atoms. The van der Waals surface area contributed by atoms with Crippen molar-refractivity contribution >= 4 is 32.7 Å². The highest BCUT2D eigenvalue weighted by Gasteiger charge is 2.20. The molecule has 4 rings (SSSR count). The van der Waals surface area contributed by atoms with Crippen molar-refractivity contribution in [3.63, 3.8) is 0 Å². The normalized spacial score (nSPS) is 17.0. The molecule has 0 amide bonds. The highest BCUT2D eigenvalue weighted by Crippen LogP contribution is 2.32. The summed E-state index contributed by atoms with van der Waals surface area (Å²) < 4.78 is 34.1. The van der Waals surface area contributed by atoms with Crippen LogP contribution in [0.5, 0.6) is 5.75 Å². The molecule has 2 heterocycles. The molecule has 6 nitrogen and oxygen atoms in total. The van der Waals surface area contributed by atoms with Crippen LogP contribution in [0, 0.1) is 0 Å². The monoisotopic (exact) mass is 443 g/mol. The van der Waals surface area contributed by atoms with E-state index < -0.39 is 10.0 Å². The van der Waals surface area contributed by atoms with Gasteiger partial charge in [-0.05, 0) is 54.3 Å². The number of methoxy groups -OCH3 is 1. The van der Waals surface area contributed by atoms with Crippen molar-refractivity contribution in [2.75, 3.05) is 36.4 Å². The summed E-state index contributed by atoms with van der Waals surface area (Å²) >= 11 is 1.62. The standard InChI is InChI=1S/C22H25N3O3S2/c1-16-15-25(12-11-23-16)18-7-10-21(28-2)20(14-18)24-30(26,27)19-8-5-17(6-9-19)22-4-3-13-29-22/h3-10,13-14,16,23-24H,11-12,15H2,1-2H3/t16-/m0/s1. The summed E-state index contributed by atoms with van der Waals surface area (Å²) in [5.41, 5.74) is 2.40. The smallest absolute Gasteiger partial charge is 0.262 e. The lowest BCUT2D eigenvalue weighted by Crippen LogP contribution is -2.49. The lowest BCUT2D eigenvalue weighted by atomic mass is 10.2. The predicted octanol–water partition coefficient (Wildman–Crippen LogP) is 4.02. The van der Waals surface area contributed by atoms with Gasteiger partial charge in [0.1, 0.15) is 5.75 Å². The second kappa shape index (κ2) is 8.67. The first-order valence-electron chi connectivity index (χ1n) is 9.79. The van der Waals surface area contributed by atoms with Crippen molar-refractivity contribution in [1.29, 1.82) is 0 Å². The Morgan fingerprint density at radius 1 is 1.17 bits per heavy atom. The molecular formula is C22H25N3O3S2. The van der Waals surface area contributed by atoms with Gasteiger partial charge in [-0.2, -0.15) is 0 Å². The Morgan fingerprint density at radius 2 is 1.97 bits per heavy atom. The highest BCUT2D eigenvalue weighted by molar-refractivity contribution is 7.92. The van der Waals surface area contributed by atoms with Gasteiger partial charge >= 0.3 is 0 Å². The van der Waals surface area contributed by atoms with E-state index in [9.17, 15) is 8.42 Å². The van der Waals surface area contributed by atoms with Crippen molar-refractivity contribution in [3.8, 4) is 16.2 Å². The molecule has 30 heavy (non-hydrogen) atoms. The number of thiophene rings is 1. The molecule has 0 unspecified atom stereocenters. The van der Waals surface area contributed by atoms with E-state index in [0.717, 1.165) is 35.8 Å². The third-order valence-corrected chi connectivity index (χ3v) is 7.43. The lowest BCUT2D eigenvalue weighted by Gasteiger charge is -2.34. The van der Waals surface area contributed by atoms with Gasteiger partial charge in [-0.15, -0.1) is 11.3 Å². The minimum atomic E-state index is -3.75. The molecule has 0 saturated carbocycles. The molecular weight excluding hydrogens is 418 g/mol. The minimum Gasteiger partial charge on any atom is -0.495 e. The SMILES string of the molecule is COc1ccc(N2CCN[C@@H](C)C2)cc1NS(=O)(=O)c1ccc(-c2cccs2)cc1. The van der Waals surface area contributed by atoms with E-state index in [4.69, 9.17) is 4.74 Å². The zero-order chi connectivity index (χ0) is 21.1. The Morgan fingerprint density at radius 3 is 2.63 bits per heavy atom. The third-order valence-electron chi connectivity index (χ3n) is 5.13.